The first-order chi connectivity index (χ1) is 9.62. The topological polar surface area (TPSA) is 45.0 Å². The Morgan fingerprint density at radius 2 is 2.10 bits per heavy atom. The van der Waals surface area contributed by atoms with Gasteiger partial charge in [-0.2, -0.15) is 5.26 Å². The molecule has 0 aliphatic heterocycles. The van der Waals surface area contributed by atoms with Gasteiger partial charge < -0.3 is 10.1 Å². The van der Waals surface area contributed by atoms with Crippen molar-refractivity contribution >= 4 is 17.3 Å². The van der Waals surface area contributed by atoms with Crippen LogP contribution >= 0.6 is 11.6 Å². The summed E-state index contributed by atoms with van der Waals surface area (Å²) in [6, 6.07) is 11.4. The molecule has 0 aliphatic carbocycles. The largest absolute Gasteiger partial charge is 0.497 e. The monoisotopic (exact) mass is 290 g/mol. The maximum Gasteiger partial charge on any atom is 0.124 e. The first-order valence-electron chi connectivity index (χ1n) is 5.89. The Labute approximate surface area is 121 Å². The lowest BCUT2D eigenvalue weighted by Gasteiger charge is -2.10. The molecule has 0 unspecified atom stereocenters. The van der Waals surface area contributed by atoms with E-state index in [0.29, 0.717) is 34.1 Å². The van der Waals surface area contributed by atoms with E-state index in [0.717, 1.165) is 0 Å². The maximum absolute atomic E-state index is 13.3. The molecule has 3 nitrogen and oxygen atoms in total. The standard InChI is InChI=1S/C15H12ClFN2O/c1-20-13-2-3-14(16)15(7-13)19-9-11-4-10(8-18)5-12(17)6-11/h2-7,19H,9H2,1H3. The lowest BCUT2D eigenvalue weighted by atomic mass is 10.1. The highest BCUT2D eigenvalue weighted by Crippen LogP contribution is 2.27. The van der Waals surface area contributed by atoms with E-state index in [2.05, 4.69) is 5.32 Å². The SMILES string of the molecule is COc1ccc(Cl)c(NCc2cc(F)cc(C#N)c2)c1. The second kappa shape index (κ2) is 6.27. The number of nitrogens with zero attached hydrogens (tertiary/aromatic N) is 1. The summed E-state index contributed by atoms with van der Waals surface area (Å²) in [5.41, 5.74) is 1.65. The van der Waals surface area contributed by atoms with Gasteiger partial charge in [-0.05, 0) is 35.9 Å². The van der Waals surface area contributed by atoms with E-state index in [-0.39, 0.29) is 0 Å². The first kappa shape index (κ1) is 14.2. The van der Waals surface area contributed by atoms with Crippen LogP contribution in [-0.2, 0) is 6.54 Å². The Morgan fingerprint density at radius 3 is 2.80 bits per heavy atom. The van der Waals surface area contributed by atoms with Gasteiger partial charge in [0.1, 0.15) is 11.6 Å². The molecule has 0 saturated heterocycles. The van der Waals surface area contributed by atoms with E-state index in [9.17, 15) is 4.39 Å². The summed E-state index contributed by atoms with van der Waals surface area (Å²) in [4.78, 5) is 0. The first-order valence-corrected chi connectivity index (χ1v) is 6.27. The Kier molecular flexibility index (Phi) is 4.44. The number of hydrogen-bond acceptors (Lipinski definition) is 3. The minimum atomic E-state index is -0.433. The van der Waals surface area contributed by atoms with Crippen LogP contribution in [-0.4, -0.2) is 7.11 Å². The normalized spacial score (nSPS) is 9.90. The second-order valence-electron chi connectivity index (χ2n) is 4.16. The van der Waals surface area contributed by atoms with Crippen LogP contribution in [0.5, 0.6) is 5.75 Å². The summed E-state index contributed by atoms with van der Waals surface area (Å²) >= 11 is 6.06. The molecule has 5 heteroatoms. The predicted octanol–water partition coefficient (Wildman–Crippen LogP) is 3.97. The van der Waals surface area contributed by atoms with Crippen molar-refractivity contribution in [2.75, 3.05) is 12.4 Å². The lowest BCUT2D eigenvalue weighted by Crippen LogP contribution is -2.01. The number of ether oxygens (including phenoxy) is 1. The number of methoxy groups -OCH3 is 1. The van der Waals surface area contributed by atoms with Crippen molar-refractivity contribution in [3.63, 3.8) is 0 Å². The van der Waals surface area contributed by atoms with Crippen molar-refractivity contribution < 1.29 is 9.13 Å². The molecule has 0 aromatic heterocycles. The van der Waals surface area contributed by atoms with Gasteiger partial charge in [-0.3, -0.25) is 0 Å². The van der Waals surface area contributed by atoms with Crippen molar-refractivity contribution in [3.8, 4) is 11.8 Å². The lowest BCUT2D eigenvalue weighted by molar-refractivity contribution is 0.415. The number of nitriles is 1. The average Bonchev–Trinajstić information content (AvgIpc) is 2.45. The highest BCUT2D eigenvalue weighted by molar-refractivity contribution is 6.33. The van der Waals surface area contributed by atoms with Gasteiger partial charge in [0.05, 0.1) is 29.5 Å². The molecule has 0 heterocycles. The average molecular weight is 291 g/mol. The van der Waals surface area contributed by atoms with Crippen LogP contribution in [0.1, 0.15) is 11.1 Å². The van der Waals surface area contributed by atoms with E-state index in [1.54, 1.807) is 31.4 Å². The Morgan fingerprint density at radius 1 is 1.30 bits per heavy atom. The summed E-state index contributed by atoms with van der Waals surface area (Å²) in [6.07, 6.45) is 0. The number of nitrogens with one attached hydrogen (secondary N) is 1. The maximum atomic E-state index is 13.3. The number of halogens is 2. The van der Waals surface area contributed by atoms with E-state index < -0.39 is 5.82 Å². The highest BCUT2D eigenvalue weighted by atomic mass is 35.5. The molecule has 0 saturated carbocycles. The zero-order valence-electron chi connectivity index (χ0n) is 10.8. The molecule has 0 atom stereocenters. The van der Waals surface area contributed by atoms with E-state index in [4.69, 9.17) is 21.6 Å². The molecule has 102 valence electrons. The van der Waals surface area contributed by atoms with Crippen LogP contribution < -0.4 is 10.1 Å². The fourth-order valence-corrected chi connectivity index (χ4v) is 1.97. The number of hydrogen-bond donors (Lipinski definition) is 1. The third kappa shape index (κ3) is 3.40. The minimum absolute atomic E-state index is 0.290. The summed E-state index contributed by atoms with van der Waals surface area (Å²) in [5, 5.41) is 12.4. The molecular weight excluding hydrogens is 279 g/mol. The van der Waals surface area contributed by atoms with Crippen molar-refractivity contribution in [3.05, 3.63) is 58.4 Å². The molecule has 2 aromatic rings. The highest BCUT2D eigenvalue weighted by Gasteiger charge is 2.04. The van der Waals surface area contributed by atoms with Gasteiger partial charge in [0.15, 0.2) is 0 Å². The fourth-order valence-electron chi connectivity index (χ4n) is 1.78. The third-order valence-corrected chi connectivity index (χ3v) is 3.07. The smallest absolute Gasteiger partial charge is 0.124 e. The van der Waals surface area contributed by atoms with E-state index >= 15 is 0 Å². The van der Waals surface area contributed by atoms with Gasteiger partial charge in [0.25, 0.3) is 0 Å². The van der Waals surface area contributed by atoms with E-state index in [1.165, 1.54) is 12.1 Å². The number of rotatable bonds is 4. The van der Waals surface area contributed by atoms with Gasteiger partial charge in [-0.15, -0.1) is 0 Å². The van der Waals surface area contributed by atoms with Gasteiger partial charge in [-0.25, -0.2) is 4.39 Å². The van der Waals surface area contributed by atoms with Crippen LogP contribution in [0.15, 0.2) is 36.4 Å². The van der Waals surface area contributed by atoms with Gasteiger partial charge in [0, 0.05) is 12.6 Å². The van der Waals surface area contributed by atoms with Crippen molar-refractivity contribution in [1.29, 1.82) is 5.26 Å². The predicted molar refractivity (Wildman–Crippen MR) is 76.4 cm³/mol. The second-order valence-corrected chi connectivity index (χ2v) is 4.57. The van der Waals surface area contributed by atoms with Gasteiger partial charge in [0.2, 0.25) is 0 Å². The molecule has 2 aromatic carbocycles. The van der Waals surface area contributed by atoms with Crippen molar-refractivity contribution in [2.45, 2.75) is 6.54 Å². The molecule has 0 radical (unpaired) electrons. The van der Waals surface area contributed by atoms with Crippen LogP contribution in [0.4, 0.5) is 10.1 Å². The zero-order valence-corrected chi connectivity index (χ0v) is 11.5. The Balaban J connectivity index is 2.16. The summed E-state index contributed by atoms with van der Waals surface area (Å²) in [5.74, 6) is 0.242. The molecule has 0 aliphatic rings. The third-order valence-electron chi connectivity index (χ3n) is 2.74. The number of anilines is 1. The molecule has 20 heavy (non-hydrogen) atoms. The van der Waals surface area contributed by atoms with Crippen molar-refractivity contribution in [2.24, 2.45) is 0 Å². The molecular formula is C15H12ClFN2O. The Hall–Kier alpha value is -2.25. The quantitative estimate of drug-likeness (QED) is 0.926. The van der Waals surface area contributed by atoms with Crippen LogP contribution in [0.3, 0.4) is 0 Å². The summed E-state index contributed by atoms with van der Waals surface area (Å²) < 4.78 is 18.4. The van der Waals surface area contributed by atoms with E-state index in [1.807, 2.05) is 6.07 Å². The fraction of sp³-hybridized carbons (Fsp3) is 0.133. The molecule has 2 rings (SSSR count). The number of benzene rings is 2. The molecule has 0 fully saturated rings. The van der Waals surface area contributed by atoms with Gasteiger partial charge >= 0.3 is 0 Å². The van der Waals surface area contributed by atoms with Crippen LogP contribution in [0.2, 0.25) is 5.02 Å². The van der Waals surface area contributed by atoms with Crippen molar-refractivity contribution in [1.82, 2.24) is 0 Å². The molecule has 0 amide bonds. The van der Waals surface area contributed by atoms with Crippen LogP contribution in [0.25, 0.3) is 0 Å². The molecule has 0 bridgehead atoms. The zero-order chi connectivity index (χ0) is 14.5. The summed E-state index contributed by atoms with van der Waals surface area (Å²) in [6.45, 7) is 0.360. The molecule has 1 N–H and O–H groups in total. The van der Waals surface area contributed by atoms with Gasteiger partial charge in [-0.1, -0.05) is 11.6 Å². The summed E-state index contributed by atoms with van der Waals surface area (Å²) in [7, 11) is 1.57. The molecule has 0 spiro atoms. The van der Waals surface area contributed by atoms with Crippen LogP contribution in [0, 0.1) is 17.1 Å². The Bertz CT molecular complexity index is 667. The minimum Gasteiger partial charge on any atom is -0.497 e.